The molecule has 0 saturated carbocycles. The Bertz CT molecular complexity index is 362. The molecule has 88 valence electrons. The van der Waals surface area contributed by atoms with Crippen LogP contribution in [0.15, 0.2) is 18.2 Å². The number of likely N-dealkylation sites (N-methyl/N-ethyl adjacent to an activating group) is 1. The van der Waals surface area contributed by atoms with Gasteiger partial charge in [0, 0.05) is 43.3 Å². The fraction of sp³-hybridized carbons (Fsp3) is 0.500. The molecule has 3 nitrogen and oxygen atoms in total. The zero-order valence-electron chi connectivity index (χ0n) is 9.49. The Labute approximate surface area is 101 Å². The van der Waals surface area contributed by atoms with Crippen molar-refractivity contribution in [1.82, 2.24) is 9.80 Å². The molecular weight excluding hydrogens is 224 g/mol. The van der Waals surface area contributed by atoms with Crippen LogP contribution >= 0.6 is 11.6 Å². The third-order valence-electron chi connectivity index (χ3n) is 3.03. The molecular formula is C12H17ClN2O. The minimum atomic E-state index is 0.336. The van der Waals surface area contributed by atoms with Crippen LogP contribution in [0.4, 0.5) is 0 Å². The monoisotopic (exact) mass is 240 g/mol. The van der Waals surface area contributed by atoms with Crippen molar-refractivity contribution < 1.29 is 5.11 Å². The van der Waals surface area contributed by atoms with E-state index in [4.69, 9.17) is 11.6 Å². The molecule has 16 heavy (non-hydrogen) atoms. The number of nitrogens with zero attached hydrogens (tertiary/aromatic N) is 2. The van der Waals surface area contributed by atoms with Crippen LogP contribution in [0.1, 0.15) is 5.56 Å². The van der Waals surface area contributed by atoms with Gasteiger partial charge in [-0.1, -0.05) is 11.6 Å². The summed E-state index contributed by atoms with van der Waals surface area (Å²) in [4.78, 5) is 4.65. The molecule has 0 amide bonds. The first kappa shape index (κ1) is 11.7. The first-order valence-electron chi connectivity index (χ1n) is 5.53. The highest BCUT2D eigenvalue weighted by Crippen LogP contribution is 2.23. The standard InChI is InChI=1S/C12H17ClN2O/c1-14-4-6-15(7-5-14)9-10-8-11(13)2-3-12(10)16/h2-3,8,16H,4-7,9H2,1H3. The summed E-state index contributed by atoms with van der Waals surface area (Å²) in [6, 6.07) is 5.22. The molecule has 0 aliphatic carbocycles. The van der Waals surface area contributed by atoms with Crippen molar-refractivity contribution in [3.8, 4) is 5.75 Å². The molecule has 1 aromatic rings. The number of piperazine rings is 1. The lowest BCUT2D eigenvalue weighted by Gasteiger charge is -2.32. The van der Waals surface area contributed by atoms with Gasteiger partial charge in [0.05, 0.1) is 0 Å². The van der Waals surface area contributed by atoms with Gasteiger partial charge < -0.3 is 10.0 Å². The number of phenols is 1. The number of aromatic hydroxyl groups is 1. The highest BCUT2D eigenvalue weighted by molar-refractivity contribution is 6.30. The second-order valence-electron chi connectivity index (χ2n) is 4.35. The van der Waals surface area contributed by atoms with Crippen LogP contribution in [0.25, 0.3) is 0 Å². The number of hydrogen-bond donors (Lipinski definition) is 1. The third-order valence-corrected chi connectivity index (χ3v) is 3.27. The Hall–Kier alpha value is -0.770. The molecule has 0 bridgehead atoms. The number of rotatable bonds is 2. The molecule has 1 N–H and O–H groups in total. The van der Waals surface area contributed by atoms with Gasteiger partial charge >= 0.3 is 0 Å². The number of phenolic OH excluding ortho intramolecular Hbond substituents is 1. The maximum atomic E-state index is 9.72. The fourth-order valence-electron chi connectivity index (χ4n) is 1.93. The predicted molar refractivity (Wildman–Crippen MR) is 65.9 cm³/mol. The summed E-state index contributed by atoms with van der Waals surface area (Å²) < 4.78 is 0. The summed E-state index contributed by atoms with van der Waals surface area (Å²) in [6.45, 7) is 5.04. The van der Waals surface area contributed by atoms with Crippen LogP contribution in [0, 0.1) is 0 Å². The summed E-state index contributed by atoms with van der Waals surface area (Å²) in [6.07, 6.45) is 0. The Balaban J connectivity index is 2.00. The minimum absolute atomic E-state index is 0.336. The van der Waals surface area contributed by atoms with E-state index in [1.165, 1.54) is 0 Å². The minimum Gasteiger partial charge on any atom is -0.508 e. The van der Waals surface area contributed by atoms with Crippen LogP contribution < -0.4 is 0 Å². The van der Waals surface area contributed by atoms with E-state index >= 15 is 0 Å². The Morgan fingerprint density at radius 1 is 1.25 bits per heavy atom. The zero-order valence-corrected chi connectivity index (χ0v) is 10.2. The molecule has 0 aromatic heterocycles. The maximum absolute atomic E-state index is 9.72. The van der Waals surface area contributed by atoms with Crippen molar-refractivity contribution in [3.63, 3.8) is 0 Å². The van der Waals surface area contributed by atoms with Gasteiger partial charge in [0.1, 0.15) is 5.75 Å². The molecule has 4 heteroatoms. The van der Waals surface area contributed by atoms with Crippen molar-refractivity contribution in [3.05, 3.63) is 28.8 Å². The molecule has 1 saturated heterocycles. The van der Waals surface area contributed by atoms with Crippen LogP contribution in [0.2, 0.25) is 5.02 Å². The van der Waals surface area contributed by atoms with Gasteiger partial charge in [0.2, 0.25) is 0 Å². The van der Waals surface area contributed by atoms with Gasteiger partial charge in [-0.15, -0.1) is 0 Å². The van der Waals surface area contributed by atoms with Gasteiger partial charge in [-0.05, 0) is 25.2 Å². The molecule has 1 aliphatic heterocycles. The lowest BCUT2D eigenvalue weighted by Crippen LogP contribution is -2.43. The van der Waals surface area contributed by atoms with Gasteiger partial charge in [-0.3, -0.25) is 4.90 Å². The molecule has 1 fully saturated rings. The van der Waals surface area contributed by atoms with E-state index in [1.807, 2.05) is 6.07 Å². The Morgan fingerprint density at radius 3 is 2.62 bits per heavy atom. The van der Waals surface area contributed by atoms with E-state index in [9.17, 15) is 5.11 Å². The lowest BCUT2D eigenvalue weighted by atomic mass is 10.1. The highest BCUT2D eigenvalue weighted by Gasteiger charge is 2.15. The SMILES string of the molecule is CN1CCN(Cc2cc(Cl)ccc2O)CC1. The van der Waals surface area contributed by atoms with E-state index in [2.05, 4.69) is 16.8 Å². The van der Waals surface area contributed by atoms with E-state index in [1.54, 1.807) is 12.1 Å². The fourth-order valence-corrected chi connectivity index (χ4v) is 2.12. The number of halogens is 1. The third kappa shape index (κ3) is 2.88. The van der Waals surface area contributed by atoms with E-state index in [0.717, 1.165) is 38.3 Å². The topological polar surface area (TPSA) is 26.7 Å². The average molecular weight is 241 g/mol. The average Bonchev–Trinajstić information content (AvgIpc) is 2.27. The van der Waals surface area contributed by atoms with E-state index < -0.39 is 0 Å². The Morgan fingerprint density at radius 2 is 1.94 bits per heavy atom. The molecule has 0 atom stereocenters. The number of benzene rings is 1. The van der Waals surface area contributed by atoms with Gasteiger partial charge in [-0.25, -0.2) is 0 Å². The van der Waals surface area contributed by atoms with Gasteiger partial charge in [0.25, 0.3) is 0 Å². The molecule has 1 heterocycles. The lowest BCUT2D eigenvalue weighted by molar-refractivity contribution is 0.147. The summed E-state index contributed by atoms with van der Waals surface area (Å²) >= 11 is 5.92. The quantitative estimate of drug-likeness (QED) is 0.854. The van der Waals surface area contributed by atoms with Crippen molar-refractivity contribution in [1.29, 1.82) is 0 Å². The van der Waals surface area contributed by atoms with Crippen LogP contribution in [-0.2, 0) is 6.54 Å². The second-order valence-corrected chi connectivity index (χ2v) is 4.79. The van der Waals surface area contributed by atoms with Crippen molar-refractivity contribution in [2.75, 3.05) is 33.2 Å². The van der Waals surface area contributed by atoms with Crippen LogP contribution in [0.5, 0.6) is 5.75 Å². The number of hydrogen-bond acceptors (Lipinski definition) is 3. The van der Waals surface area contributed by atoms with Crippen molar-refractivity contribution in [2.45, 2.75) is 6.54 Å². The predicted octanol–water partition coefficient (Wildman–Crippen LogP) is 1.79. The second kappa shape index (κ2) is 5.04. The first-order chi connectivity index (χ1) is 7.65. The Kier molecular flexibility index (Phi) is 3.69. The molecule has 0 unspecified atom stereocenters. The van der Waals surface area contributed by atoms with Gasteiger partial charge in [0.15, 0.2) is 0 Å². The van der Waals surface area contributed by atoms with Gasteiger partial charge in [-0.2, -0.15) is 0 Å². The van der Waals surface area contributed by atoms with E-state index in [0.29, 0.717) is 10.8 Å². The van der Waals surface area contributed by atoms with Crippen molar-refractivity contribution >= 4 is 11.6 Å². The molecule has 1 aliphatic rings. The molecule has 2 rings (SSSR count). The van der Waals surface area contributed by atoms with Crippen LogP contribution in [-0.4, -0.2) is 48.1 Å². The smallest absolute Gasteiger partial charge is 0.120 e. The van der Waals surface area contributed by atoms with Crippen molar-refractivity contribution in [2.24, 2.45) is 0 Å². The molecule has 0 radical (unpaired) electrons. The zero-order chi connectivity index (χ0) is 11.5. The normalized spacial score (nSPS) is 18.9. The highest BCUT2D eigenvalue weighted by atomic mass is 35.5. The molecule has 1 aromatic carbocycles. The summed E-state index contributed by atoms with van der Waals surface area (Å²) in [7, 11) is 2.13. The molecule has 0 spiro atoms. The summed E-state index contributed by atoms with van der Waals surface area (Å²) in [5, 5.41) is 10.4. The first-order valence-corrected chi connectivity index (χ1v) is 5.91. The van der Waals surface area contributed by atoms with Crippen LogP contribution in [0.3, 0.4) is 0 Å². The summed E-state index contributed by atoms with van der Waals surface area (Å²) in [5.41, 5.74) is 0.914. The summed E-state index contributed by atoms with van der Waals surface area (Å²) in [5.74, 6) is 0.336. The largest absolute Gasteiger partial charge is 0.508 e. The van der Waals surface area contributed by atoms with E-state index in [-0.39, 0.29) is 0 Å². The maximum Gasteiger partial charge on any atom is 0.120 e.